The van der Waals surface area contributed by atoms with Gasteiger partial charge in [-0.25, -0.2) is 4.79 Å². The number of aliphatic hydroxyl groups excluding tert-OH is 1. The van der Waals surface area contributed by atoms with Gasteiger partial charge in [-0.2, -0.15) is 0 Å². The standard InChI is InChI=1S/C25H33N3O5/c1-16(2)12-17(27-24(31)33-25(3,4)5)15-32-18-6-7-20-19-8-9-26-14-21(19)23(30)28(10-11-29)22(20)13-18/h6-9,13-14,16-17,29H,10-12,15H2,1-5H3,(H,27,31)/t17-/m0/s1. The molecular weight excluding hydrogens is 422 g/mol. The van der Waals surface area contributed by atoms with Crippen LogP contribution in [0.15, 0.2) is 41.5 Å². The van der Waals surface area contributed by atoms with Crippen LogP contribution >= 0.6 is 0 Å². The van der Waals surface area contributed by atoms with Crippen LogP contribution in [0.3, 0.4) is 0 Å². The minimum absolute atomic E-state index is 0.165. The Hall–Kier alpha value is -3.13. The van der Waals surface area contributed by atoms with Crippen LogP contribution < -0.4 is 15.6 Å². The SMILES string of the molecule is CC(C)C[C@@H](COc1ccc2c3ccncc3c(=O)n(CCO)c2c1)NC(=O)OC(C)(C)C. The van der Waals surface area contributed by atoms with Crippen molar-refractivity contribution in [3.05, 3.63) is 47.0 Å². The molecule has 1 amide bonds. The summed E-state index contributed by atoms with van der Waals surface area (Å²) in [6.07, 6.45) is 3.45. The van der Waals surface area contributed by atoms with E-state index >= 15 is 0 Å². The molecule has 2 N–H and O–H groups in total. The summed E-state index contributed by atoms with van der Waals surface area (Å²) in [5, 5.41) is 14.6. The number of ether oxygens (including phenoxy) is 2. The van der Waals surface area contributed by atoms with Gasteiger partial charge in [0.05, 0.1) is 23.6 Å². The van der Waals surface area contributed by atoms with E-state index < -0.39 is 11.7 Å². The predicted molar refractivity (Wildman–Crippen MR) is 129 cm³/mol. The minimum Gasteiger partial charge on any atom is -0.491 e. The van der Waals surface area contributed by atoms with E-state index in [-0.39, 0.29) is 31.4 Å². The van der Waals surface area contributed by atoms with Crippen molar-refractivity contribution in [1.29, 1.82) is 0 Å². The molecule has 0 fully saturated rings. The van der Waals surface area contributed by atoms with Crippen molar-refractivity contribution in [2.24, 2.45) is 5.92 Å². The van der Waals surface area contributed by atoms with E-state index in [1.807, 2.05) is 39.0 Å². The van der Waals surface area contributed by atoms with Gasteiger partial charge >= 0.3 is 6.09 Å². The molecule has 2 heterocycles. The van der Waals surface area contributed by atoms with Crippen molar-refractivity contribution in [3.8, 4) is 5.75 Å². The van der Waals surface area contributed by atoms with Gasteiger partial charge in [-0.05, 0) is 56.7 Å². The number of carbonyl (C=O) groups excluding carboxylic acids is 1. The second-order valence-electron chi connectivity index (χ2n) is 9.56. The van der Waals surface area contributed by atoms with Crippen LogP contribution in [-0.2, 0) is 11.3 Å². The number of aromatic nitrogens is 2. The molecule has 0 saturated carbocycles. The second-order valence-corrected chi connectivity index (χ2v) is 9.56. The van der Waals surface area contributed by atoms with Crippen LogP contribution in [0, 0.1) is 5.92 Å². The van der Waals surface area contributed by atoms with E-state index in [0.717, 1.165) is 17.2 Å². The molecule has 3 rings (SSSR count). The maximum Gasteiger partial charge on any atom is 0.407 e. The smallest absolute Gasteiger partial charge is 0.407 e. The molecule has 0 unspecified atom stereocenters. The molecular formula is C25H33N3O5. The van der Waals surface area contributed by atoms with E-state index in [1.165, 1.54) is 4.57 Å². The Morgan fingerprint density at radius 2 is 1.94 bits per heavy atom. The number of hydrogen-bond donors (Lipinski definition) is 2. The maximum atomic E-state index is 13.0. The number of fused-ring (bicyclic) bond motifs is 3. The van der Waals surface area contributed by atoms with Crippen LogP contribution in [0.4, 0.5) is 4.79 Å². The highest BCUT2D eigenvalue weighted by Crippen LogP contribution is 2.26. The molecule has 0 radical (unpaired) electrons. The van der Waals surface area contributed by atoms with Gasteiger partial charge < -0.3 is 24.5 Å². The van der Waals surface area contributed by atoms with Gasteiger partial charge in [-0.15, -0.1) is 0 Å². The van der Waals surface area contributed by atoms with Crippen molar-refractivity contribution < 1.29 is 19.4 Å². The molecule has 8 nitrogen and oxygen atoms in total. The van der Waals surface area contributed by atoms with Crippen LogP contribution in [0.25, 0.3) is 21.7 Å². The number of nitrogens with zero attached hydrogens (tertiary/aromatic N) is 2. The van der Waals surface area contributed by atoms with Gasteiger partial charge in [0.15, 0.2) is 0 Å². The topological polar surface area (TPSA) is 103 Å². The quantitative estimate of drug-likeness (QED) is 0.500. The first kappa shape index (κ1) is 24.5. The Morgan fingerprint density at radius 3 is 2.61 bits per heavy atom. The summed E-state index contributed by atoms with van der Waals surface area (Å²) < 4.78 is 13.0. The molecule has 178 valence electrons. The van der Waals surface area contributed by atoms with Crippen LogP contribution in [0.2, 0.25) is 0 Å². The van der Waals surface area contributed by atoms with E-state index in [2.05, 4.69) is 24.1 Å². The molecule has 0 aliphatic heterocycles. The fourth-order valence-electron chi connectivity index (χ4n) is 3.84. The van der Waals surface area contributed by atoms with Crippen molar-refractivity contribution in [2.45, 2.75) is 59.2 Å². The van der Waals surface area contributed by atoms with E-state index in [4.69, 9.17) is 9.47 Å². The number of benzene rings is 1. The normalized spacial score (nSPS) is 12.8. The fraction of sp³-hybridized carbons (Fsp3) is 0.480. The lowest BCUT2D eigenvalue weighted by atomic mass is 10.0. The first-order valence-electron chi connectivity index (χ1n) is 11.2. The van der Waals surface area contributed by atoms with Crippen LogP contribution in [0.5, 0.6) is 5.75 Å². The first-order chi connectivity index (χ1) is 15.6. The van der Waals surface area contributed by atoms with Crippen LogP contribution in [0.1, 0.15) is 41.0 Å². The summed E-state index contributed by atoms with van der Waals surface area (Å²) in [4.78, 5) is 29.3. The van der Waals surface area contributed by atoms with Gasteiger partial charge in [-0.3, -0.25) is 9.78 Å². The average Bonchev–Trinajstić information content (AvgIpc) is 2.73. The highest BCUT2D eigenvalue weighted by molar-refractivity contribution is 6.05. The molecule has 0 aliphatic carbocycles. The third-order valence-electron chi connectivity index (χ3n) is 5.10. The van der Waals surface area contributed by atoms with Crippen molar-refractivity contribution in [2.75, 3.05) is 13.2 Å². The summed E-state index contributed by atoms with van der Waals surface area (Å²) in [5.74, 6) is 0.918. The zero-order chi connectivity index (χ0) is 24.2. The summed E-state index contributed by atoms with van der Waals surface area (Å²) in [6, 6.07) is 7.12. The fourth-order valence-corrected chi connectivity index (χ4v) is 3.84. The molecule has 1 aromatic carbocycles. The molecule has 0 spiro atoms. The van der Waals surface area contributed by atoms with E-state index in [1.54, 1.807) is 18.5 Å². The molecule has 0 bridgehead atoms. The number of amides is 1. The summed E-state index contributed by atoms with van der Waals surface area (Å²) >= 11 is 0. The molecule has 2 aromatic heterocycles. The minimum atomic E-state index is -0.583. The highest BCUT2D eigenvalue weighted by atomic mass is 16.6. The summed E-state index contributed by atoms with van der Waals surface area (Å²) in [6.45, 7) is 9.87. The second kappa shape index (κ2) is 10.2. The summed E-state index contributed by atoms with van der Waals surface area (Å²) in [7, 11) is 0. The largest absolute Gasteiger partial charge is 0.491 e. The molecule has 0 saturated heterocycles. The Kier molecular flexibility index (Phi) is 7.58. The molecule has 33 heavy (non-hydrogen) atoms. The Labute approximate surface area is 193 Å². The van der Waals surface area contributed by atoms with Gasteiger partial charge in [0.2, 0.25) is 0 Å². The van der Waals surface area contributed by atoms with Gasteiger partial charge in [-0.1, -0.05) is 13.8 Å². The number of pyridine rings is 2. The Morgan fingerprint density at radius 1 is 1.18 bits per heavy atom. The van der Waals surface area contributed by atoms with Crippen molar-refractivity contribution >= 4 is 27.8 Å². The lowest BCUT2D eigenvalue weighted by Crippen LogP contribution is -2.42. The van der Waals surface area contributed by atoms with Crippen molar-refractivity contribution in [1.82, 2.24) is 14.9 Å². The Balaban J connectivity index is 1.88. The highest BCUT2D eigenvalue weighted by Gasteiger charge is 2.21. The number of nitrogens with one attached hydrogen (secondary N) is 1. The number of alkyl carbamates (subject to hydrolysis) is 1. The molecule has 0 aliphatic rings. The van der Waals surface area contributed by atoms with Crippen molar-refractivity contribution in [3.63, 3.8) is 0 Å². The lowest BCUT2D eigenvalue weighted by Gasteiger charge is -2.25. The number of carbonyl (C=O) groups is 1. The monoisotopic (exact) mass is 455 g/mol. The Bertz CT molecular complexity index is 1180. The first-order valence-corrected chi connectivity index (χ1v) is 11.2. The van der Waals surface area contributed by atoms with Gasteiger partial charge in [0, 0.05) is 30.4 Å². The molecule has 8 heteroatoms. The molecule has 1 atom stereocenters. The predicted octanol–water partition coefficient (Wildman–Crippen LogP) is 3.86. The number of hydrogen-bond acceptors (Lipinski definition) is 6. The van der Waals surface area contributed by atoms with Gasteiger partial charge in [0.25, 0.3) is 5.56 Å². The third-order valence-corrected chi connectivity index (χ3v) is 5.10. The van der Waals surface area contributed by atoms with E-state index in [0.29, 0.717) is 22.6 Å². The van der Waals surface area contributed by atoms with Gasteiger partial charge in [0.1, 0.15) is 18.0 Å². The number of aliphatic hydroxyl groups is 1. The van der Waals surface area contributed by atoms with Crippen LogP contribution in [-0.4, -0.2) is 45.6 Å². The molecule has 3 aromatic rings. The zero-order valence-electron chi connectivity index (χ0n) is 19.9. The number of rotatable bonds is 8. The average molecular weight is 456 g/mol. The van der Waals surface area contributed by atoms with E-state index in [9.17, 15) is 14.7 Å². The lowest BCUT2D eigenvalue weighted by molar-refractivity contribution is 0.0480. The third kappa shape index (κ3) is 6.22. The maximum absolute atomic E-state index is 13.0. The summed E-state index contributed by atoms with van der Waals surface area (Å²) in [5.41, 5.74) is -0.118. The zero-order valence-corrected chi connectivity index (χ0v) is 19.9.